The molecule has 1 saturated carbocycles. The van der Waals surface area contributed by atoms with Crippen molar-refractivity contribution in [2.24, 2.45) is 5.92 Å². The van der Waals surface area contributed by atoms with Crippen molar-refractivity contribution in [2.75, 3.05) is 0 Å². The molecule has 1 heterocycles. The lowest BCUT2D eigenvalue weighted by molar-refractivity contribution is 0.585. The molecule has 1 aromatic carbocycles. The van der Waals surface area contributed by atoms with Gasteiger partial charge in [-0.25, -0.2) is 13.8 Å². The van der Waals surface area contributed by atoms with Gasteiger partial charge in [0.2, 0.25) is 0 Å². The fraction of sp³-hybridized carbons (Fsp3) is 0.533. The van der Waals surface area contributed by atoms with E-state index in [4.69, 9.17) is 11.6 Å². The first kappa shape index (κ1) is 13.8. The van der Waals surface area contributed by atoms with Crippen molar-refractivity contribution in [1.82, 2.24) is 9.55 Å². The summed E-state index contributed by atoms with van der Waals surface area (Å²) in [4.78, 5) is 4.30. The highest BCUT2D eigenvalue weighted by Crippen LogP contribution is 2.49. The minimum absolute atomic E-state index is 0.219. The number of aromatic nitrogens is 2. The highest BCUT2D eigenvalue weighted by Gasteiger charge is 2.40. The summed E-state index contributed by atoms with van der Waals surface area (Å²) < 4.78 is 29.3. The maximum absolute atomic E-state index is 13.9. The van der Waals surface area contributed by atoms with Crippen molar-refractivity contribution in [2.45, 2.75) is 44.5 Å². The van der Waals surface area contributed by atoms with Gasteiger partial charge in [-0.2, -0.15) is 0 Å². The van der Waals surface area contributed by atoms with E-state index >= 15 is 0 Å². The second kappa shape index (κ2) is 4.99. The van der Waals surface area contributed by atoms with Crippen LogP contribution in [0.15, 0.2) is 12.1 Å². The monoisotopic (exact) mass is 298 g/mol. The number of alkyl halides is 1. The molecule has 3 unspecified atom stereocenters. The molecule has 2 nitrogen and oxygen atoms in total. The zero-order chi connectivity index (χ0) is 14.4. The molecule has 108 valence electrons. The lowest BCUT2D eigenvalue weighted by Crippen LogP contribution is -2.04. The summed E-state index contributed by atoms with van der Waals surface area (Å²) in [5, 5.41) is -0.326. The molecule has 3 rings (SSSR count). The van der Waals surface area contributed by atoms with Gasteiger partial charge >= 0.3 is 0 Å². The average Bonchev–Trinajstić information content (AvgIpc) is 2.99. The largest absolute Gasteiger partial charge is 0.323 e. The standard InChI is InChI=1S/C15H17ClF2N2/c1-3-4-9-5-12(9)20-13-7-10(17)6-11(18)14(13)19-15(20)8(2)16/h6-9,12H,3-5H2,1-2H3. The molecule has 3 atom stereocenters. The number of benzene rings is 1. The Hall–Kier alpha value is -1.16. The van der Waals surface area contributed by atoms with E-state index in [1.165, 1.54) is 6.07 Å². The molecule has 1 aromatic heterocycles. The first-order valence-electron chi connectivity index (χ1n) is 7.03. The van der Waals surface area contributed by atoms with Crippen molar-refractivity contribution in [3.63, 3.8) is 0 Å². The van der Waals surface area contributed by atoms with Crippen molar-refractivity contribution in [3.8, 4) is 0 Å². The number of fused-ring (bicyclic) bond motifs is 1. The summed E-state index contributed by atoms with van der Waals surface area (Å²) in [6.07, 6.45) is 3.27. The van der Waals surface area contributed by atoms with E-state index in [1.807, 2.05) is 11.5 Å². The number of imidazole rings is 1. The molecule has 0 aliphatic heterocycles. The molecule has 0 amide bonds. The van der Waals surface area contributed by atoms with E-state index in [-0.39, 0.29) is 16.9 Å². The predicted octanol–water partition coefficient (Wildman–Crippen LogP) is 4.98. The number of rotatable bonds is 4. The topological polar surface area (TPSA) is 17.8 Å². The number of hydrogen-bond acceptors (Lipinski definition) is 1. The van der Waals surface area contributed by atoms with E-state index in [9.17, 15) is 8.78 Å². The Kier molecular flexibility index (Phi) is 3.44. The van der Waals surface area contributed by atoms with Crippen LogP contribution in [-0.2, 0) is 0 Å². The maximum atomic E-state index is 13.9. The van der Waals surface area contributed by atoms with Crippen LogP contribution in [-0.4, -0.2) is 9.55 Å². The zero-order valence-electron chi connectivity index (χ0n) is 11.5. The number of halogens is 3. The smallest absolute Gasteiger partial charge is 0.153 e. The molecule has 20 heavy (non-hydrogen) atoms. The lowest BCUT2D eigenvalue weighted by atomic mass is 10.2. The van der Waals surface area contributed by atoms with E-state index < -0.39 is 11.6 Å². The molecule has 5 heteroatoms. The third kappa shape index (κ3) is 2.20. The quantitative estimate of drug-likeness (QED) is 0.728. The highest BCUT2D eigenvalue weighted by molar-refractivity contribution is 6.20. The van der Waals surface area contributed by atoms with E-state index in [0.717, 1.165) is 25.3 Å². The van der Waals surface area contributed by atoms with Gasteiger partial charge in [-0.1, -0.05) is 13.3 Å². The number of nitrogens with zero attached hydrogens (tertiary/aromatic N) is 2. The van der Waals surface area contributed by atoms with Gasteiger partial charge in [0.15, 0.2) is 5.82 Å². The molecule has 1 aliphatic rings. The average molecular weight is 299 g/mol. The Balaban J connectivity index is 2.15. The summed E-state index contributed by atoms with van der Waals surface area (Å²) in [6.45, 7) is 3.95. The van der Waals surface area contributed by atoms with Crippen LogP contribution in [0.5, 0.6) is 0 Å². The third-order valence-corrected chi connectivity index (χ3v) is 4.17. The van der Waals surface area contributed by atoms with E-state index in [0.29, 0.717) is 17.3 Å². The summed E-state index contributed by atoms with van der Waals surface area (Å²) in [7, 11) is 0. The normalized spacial score (nSPS) is 23.2. The molecule has 0 radical (unpaired) electrons. The summed E-state index contributed by atoms with van der Waals surface area (Å²) in [6, 6.07) is 2.51. The fourth-order valence-corrected chi connectivity index (χ4v) is 3.15. The van der Waals surface area contributed by atoms with Crippen LogP contribution in [0.3, 0.4) is 0 Å². The molecule has 0 spiro atoms. The molecular formula is C15H17ClF2N2. The van der Waals surface area contributed by atoms with E-state index in [2.05, 4.69) is 11.9 Å². The van der Waals surface area contributed by atoms with Crippen LogP contribution in [0.4, 0.5) is 8.78 Å². The Labute approximate surface area is 121 Å². The Morgan fingerprint density at radius 2 is 2.20 bits per heavy atom. The van der Waals surface area contributed by atoms with Crippen molar-refractivity contribution in [3.05, 3.63) is 29.6 Å². The van der Waals surface area contributed by atoms with Crippen LogP contribution in [0.1, 0.15) is 50.4 Å². The summed E-state index contributed by atoms with van der Waals surface area (Å²) >= 11 is 6.17. The second-order valence-corrected chi connectivity index (χ2v) is 6.22. The fourth-order valence-electron chi connectivity index (χ4n) is 3.00. The Morgan fingerprint density at radius 3 is 2.85 bits per heavy atom. The zero-order valence-corrected chi connectivity index (χ0v) is 12.3. The molecule has 1 fully saturated rings. The van der Waals surface area contributed by atoms with Gasteiger partial charge < -0.3 is 4.57 Å². The van der Waals surface area contributed by atoms with Crippen LogP contribution in [0, 0.1) is 17.6 Å². The first-order valence-corrected chi connectivity index (χ1v) is 7.47. The summed E-state index contributed by atoms with van der Waals surface area (Å²) in [5.41, 5.74) is 0.740. The van der Waals surface area contributed by atoms with Crippen molar-refractivity contribution < 1.29 is 8.78 Å². The van der Waals surface area contributed by atoms with Gasteiger partial charge in [0.1, 0.15) is 17.2 Å². The van der Waals surface area contributed by atoms with Gasteiger partial charge in [-0.15, -0.1) is 11.6 Å². The SMILES string of the molecule is CCCC1CC1n1c(C(C)Cl)nc2c(F)cc(F)cc21. The Morgan fingerprint density at radius 1 is 1.45 bits per heavy atom. The minimum atomic E-state index is -0.620. The van der Waals surface area contributed by atoms with Crippen LogP contribution in [0.25, 0.3) is 11.0 Å². The van der Waals surface area contributed by atoms with Gasteiger partial charge in [-0.3, -0.25) is 0 Å². The van der Waals surface area contributed by atoms with Crippen molar-refractivity contribution >= 4 is 22.6 Å². The predicted molar refractivity (Wildman–Crippen MR) is 76.0 cm³/mol. The van der Waals surface area contributed by atoms with Gasteiger partial charge in [0.25, 0.3) is 0 Å². The third-order valence-electron chi connectivity index (χ3n) is 3.97. The molecule has 0 saturated heterocycles. The molecular weight excluding hydrogens is 282 g/mol. The molecule has 1 aliphatic carbocycles. The maximum Gasteiger partial charge on any atom is 0.153 e. The second-order valence-electron chi connectivity index (χ2n) is 5.56. The van der Waals surface area contributed by atoms with Crippen molar-refractivity contribution in [1.29, 1.82) is 0 Å². The molecule has 0 N–H and O–H groups in total. The van der Waals surface area contributed by atoms with Crippen LogP contribution >= 0.6 is 11.6 Å². The van der Waals surface area contributed by atoms with Gasteiger partial charge in [-0.05, 0) is 31.7 Å². The van der Waals surface area contributed by atoms with Crippen LogP contribution < -0.4 is 0 Å². The highest BCUT2D eigenvalue weighted by atomic mass is 35.5. The lowest BCUT2D eigenvalue weighted by Gasteiger charge is -2.10. The number of hydrogen-bond donors (Lipinski definition) is 0. The van der Waals surface area contributed by atoms with E-state index in [1.54, 1.807) is 0 Å². The Bertz CT molecular complexity index is 651. The van der Waals surface area contributed by atoms with Gasteiger partial charge in [0.05, 0.1) is 10.9 Å². The first-order chi connectivity index (χ1) is 9.52. The van der Waals surface area contributed by atoms with Crippen LogP contribution in [0.2, 0.25) is 0 Å². The minimum Gasteiger partial charge on any atom is -0.323 e. The molecule has 0 bridgehead atoms. The molecule has 2 aromatic rings. The van der Waals surface area contributed by atoms with Gasteiger partial charge in [0, 0.05) is 12.1 Å². The summed E-state index contributed by atoms with van der Waals surface area (Å²) in [5.74, 6) is 0.00953.